The second kappa shape index (κ2) is 6.05. The highest BCUT2D eigenvalue weighted by molar-refractivity contribution is 6.06. The number of carbonyl (C=O) groups is 1. The van der Waals surface area contributed by atoms with Gasteiger partial charge in [-0.2, -0.15) is 0 Å². The topological polar surface area (TPSA) is 60.5 Å². The number of benzene rings is 2. The van der Waals surface area contributed by atoms with Crippen LogP contribution in [-0.4, -0.2) is 17.7 Å². The molecule has 2 aromatic carbocycles. The molecule has 6 heteroatoms. The molecule has 0 spiro atoms. The lowest BCUT2D eigenvalue weighted by Crippen LogP contribution is -2.23. The maximum atomic E-state index is 13.6. The van der Waals surface area contributed by atoms with Gasteiger partial charge in [0.25, 0.3) is 5.91 Å². The van der Waals surface area contributed by atoms with Crippen LogP contribution in [0.15, 0.2) is 42.5 Å². The lowest BCUT2D eigenvalue weighted by Gasteiger charge is -2.10. The first-order chi connectivity index (χ1) is 12.1. The minimum absolute atomic E-state index is 0.207. The number of carbonyl (C=O) groups excluding carboxylic acids is 1. The Labute approximate surface area is 143 Å². The molecule has 0 saturated heterocycles. The molecule has 2 heterocycles. The monoisotopic (exact) mass is 338 g/mol. The Morgan fingerprint density at radius 2 is 2.00 bits per heavy atom. The molecular formula is C19H15FN2O3. The number of pyridine rings is 1. The third-order valence-corrected chi connectivity index (χ3v) is 4.03. The van der Waals surface area contributed by atoms with Crippen LogP contribution < -0.4 is 14.8 Å². The van der Waals surface area contributed by atoms with Gasteiger partial charge in [0.2, 0.25) is 6.79 Å². The van der Waals surface area contributed by atoms with Crippen molar-refractivity contribution in [1.82, 2.24) is 10.3 Å². The van der Waals surface area contributed by atoms with Gasteiger partial charge in [0.15, 0.2) is 11.5 Å². The van der Waals surface area contributed by atoms with E-state index in [4.69, 9.17) is 9.47 Å². The van der Waals surface area contributed by atoms with Gasteiger partial charge >= 0.3 is 0 Å². The van der Waals surface area contributed by atoms with Crippen LogP contribution in [0.4, 0.5) is 4.39 Å². The van der Waals surface area contributed by atoms with Crippen molar-refractivity contribution in [2.45, 2.75) is 13.5 Å². The molecule has 0 atom stereocenters. The number of rotatable bonds is 3. The summed E-state index contributed by atoms with van der Waals surface area (Å²) in [6, 6.07) is 11.4. The van der Waals surface area contributed by atoms with Crippen LogP contribution in [0.25, 0.3) is 10.9 Å². The van der Waals surface area contributed by atoms with Gasteiger partial charge in [-0.05, 0) is 48.9 Å². The molecule has 1 amide bonds. The summed E-state index contributed by atoms with van der Waals surface area (Å²) >= 11 is 0. The Morgan fingerprint density at radius 1 is 1.16 bits per heavy atom. The van der Waals surface area contributed by atoms with Gasteiger partial charge < -0.3 is 14.8 Å². The fraction of sp³-hybridized carbons (Fsp3) is 0.158. The molecular weight excluding hydrogens is 323 g/mol. The van der Waals surface area contributed by atoms with Gasteiger partial charge in [-0.3, -0.25) is 9.78 Å². The average Bonchev–Trinajstić information content (AvgIpc) is 3.07. The molecule has 25 heavy (non-hydrogen) atoms. The zero-order valence-electron chi connectivity index (χ0n) is 13.5. The number of ether oxygens (including phenoxy) is 2. The van der Waals surface area contributed by atoms with Crippen LogP contribution in [0, 0.1) is 12.7 Å². The Balaban J connectivity index is 1.59. The summed E-state index contributed by atoms with van der Waals surface area (Å²) in [6.45, 7) is 2.34. The number of aryl methyl sites for hydroxylation is 1. The summed E-state index contributed by atoms with van der Waals surface area (Å²) in [4.78, 5) is 17.0. The molecule has 0 bridgehead atoms. The molecule has 0 unspecified atom stereocenters. The van der Waals surface area contributed by atoms with E-state index in [1.165, 1.54) is 12.1 Å². The predicted molar refractivity (Wildman–Crippen MR) is 90.2 cm³/mol. The van der Waals surface area contributed by atoms with Gasteiger partial charge in [0.1, 0.15) is 5.82 Å². The van der Waals surface area contributed by atoms with Gasteiger partial charge in [-0.15, -0.1) is 0 Å². The summed E-state index contributed by atoms with van der Waals surface area (Å²) in [6.07, 6.45) is 0. The molecule has 1 aliphatic heterocycles. The normalized spacial score (nSPS) is 12.4. The molecule has 0 radical (unpaired) electrons. The molecule has 0 saturated carbocycles. The number of fused-ring (bicyclic) bond motifs is 2. The van der Waals surface area contributed by atoms with E-state index in [9.17, 15) is 9.18 Å². The molecule has 1 N–H and O–H groups in total. The first-order valence-electron chi connectivity index (χ1n) is 7.84. The van der Waals surface area contributed by atoms with Crippen molar-refractivity contribution in [3.8, 4) is 11.5 Å². The molecule has 5 nitrogen and oxygen atoms in total. The standard InChI is InChI=1S/C19H15FN2O3/c1-11-6-15(14-8-13(20)3-4-16(14)22-11)19(23)21-9-12-2-5-17-18(7-12)25-10-24-17/h2-8H,9-10H2,1H3,(H,21,23). The van der Waals surface area contributed by atoms with Crippen molar-refractivity contribution in [3.63, 3.8) is 0 Å². The first kappa shape index (κ1) is 15.4. The summed E-state index contributed by atoms with van der Waals surface area (Å²) in [5.74, 6) is 0.682. The number of halogens is 1. The van der Waals surface area contributed by atoms with Crippen LogP contribution in [0.2, 0.25) is 0 Å². The van der Waals surface area contributed by atoms with Gasteiger partial charge in [0.05, 0.1) is 11.1 Å². The van der Waals surface area contributed by atoms with Crippen LogP contribution in [0.5, 0.6) is 11.5 Å². The van der Waals surface area contributed by atoms with Crippen LogP contribution in [0.1, 0.15) is 21.6 Å². The first-order valence-corrected chi connectivity index (χ1v) is 7.84. The molecule has 0 aliphatic carbocycles. The number of nitrogens with zero attached hydrogens (tertiary/aromatic N) is 1. The smallest absolute Gasteiger partial charge is 0.252 e. The Kier molecular flexibility index (Phi) is 3.72. The zero-order chi connectivity index (χ0) is 17.4. The molecule has 0 fully saturated rings. The fourth-order valence-electron chi connectivity index (χ4n) is 2.85. The third kappa shape index (κ3) is 2.98. The minimum atomic E-state index is -0.400. The highest BCUT2D eigenvalue weighted by atomic mass is 19.1. The lowest BCUT2D eigenvalue weighted by molar-refractivity contribution is 0.0952. The second-order valence-corrected chi connectivity index (χ2v) is 5.84. The van der Waals surface area contributed by atoms with Crippen LogP contribution >= 0.6 is 0 Å². The highest BCUT2D eigenvalue weighted by Crippen LogP contribution is 2.32. The van der Waals surface area contributed by atoms with E-state index in [1.54, 1.807) is 19.1 Å². The molecule has 126 valence electrons. The van der Waals surface area contributed by atoms with E-state index >= 15 is 0 Å². The SMILES string of the molecule is Cc1cc(C(=O)NCc2ccc3c(c2)OCO3)c2cc(F)ccc2n1. The van der Waals surface area contributed by atoms with Gasteiger partial charge in [-0.1, -0.05) is 6.07 Å². The van der Waals surface area contributed by atoms with E-state index in [-0.39, 0.29) is 12.7 Å². The van der Waals surface area contributed by atoms with Crippen LogP contribution in [-0.2, 0) is 6.54 Å². The largest absolute Gasteiger partial charge is 0.454 e. The van der Waals surface area contributed by atoms with Crippen molar-refractivity contribution in [1.29, 1.82) is 0 Å². The molecule has 3 aromatic rings. The van der Waals surface area contributed by atoms with Crippen molar-refractivity contribution < 1.29 is 18.7 Å². The maximum absolute atomic E-state index is 13.6. The van der Waals surface area contributed by atoms with E-state index in [1.807, 2.05) is 18.2 Å². The minimum Gasteiger partial charge on any atom is -0.454 e. The Hall–Kier alpha value is -3.15. The molecule has 4 rings (SSSR count). The Bertz CT molecular complexity index is 988. The van der Waals surface area contributed by atoms with Crippen LogP contribution in [0.3, 0.4) is 0 Å². The van der Waals surface area contributed by atoms with Crippen molar-refractivity contribution >= 4 is 16.8 Å². The van der Waals surface area contributed by atoms with Gasteiger partial charge in [-0.25, -0.2) is 4.39 Å². The summed E-state index contributed by atoms with van der Waals surface area (Å²) in [5, 5.41) is 3.35. The fourth-order valence-corrected chi connectivity index (χ4v) is 2.85. The van der Waals surface area contributed by atoms with E-state index in [0.29, 0.717) is 40.2 Å². The highest BCUT2D eigenvalue weighted by Gasteiger charge is 2.15. The number of aromatic nitrogens is 1. The third-order valence-electron chi connectivity index (χ3n) is 4.03. The average molecular weight is 338 g/mol. The molecule has 1 aromatic heterocycles. The number of hydrogen-bond acceptors (Lipinski definition) is 4. The summed E-state index contributed by atoms with van der Waals surface area (Å²) < 4.78 is 24.2. The van der Waals surface area contributed by atoms with Crippen molar-refractivity contribution in [2.24, 2.45) is 0 Å². The van der Waals surface area contributed by atoms with Crippen molar-refractivity contribution in [3.05, 3.63) is 65.1 Å². The quantitative estimate of drug-likeness (QED) is 0.796. The summed E-state index contributed by atoms with van der Waals surface area (Å²) in [7, 11) is 0. The second-order valence-electron chi connectivity index (χ2n) is 5.84. The Morgan fingerprint density at radius 3 is 2.88 bits per heavy atom. The van der Waals surface area contributed by atoms with E-state index in [2.05, 4.69) is 10.3 Å². The predicted octanol–water partition coefficient (Wildman–Crippen LogP) is 3.34. The van der Waals surface area contributed by atoms with E-state index in [0.717, 1.165) is 5.56 Å². The number of nitrogens with one attached hydrogen (secondary N) is 1. The molecule has 1 aliphatic rings. The zero-order valence-corrected chi connectivity index (χ0v) is 13.5. The van der Waals surface area contributed by atoms with Crippen molar-refractivity contribution in [2.75, 3.05) is 6.79 Å². The van der Waals surface area contributed by atoms with Gasteiger partial charge in [0, 0.05) is 17.6 Å². The number of hydrogen-bond donors (Lipinski definition) is 1. The van der Waals surface area contributed by atoms with E-state index < -0.39 is 5.82 Å². The lowest BCUT2D eigenvalue weighted by atomic mass is 10.1. The summed E-state index contributed by atoms with van der Waals surface area (Å²) in [5.41, 5.74) is 2.59. The maximum Gasteiger partial charge on any atom is 0.252 e. The number of amides is 1.